The second-order valence-electron chi connectivity index (χ2n) is 6.46. The van der Waals surface area contributed by atoms with E-state index in [0.29, 0.717) is 23.2 Å². The average Bonchev–Trinajstić information content (AvgIpc) is 2.79. The molecule has 0 fully saturated rings. The maximum absolute atomic E-state index is 14.2. The molecule has 6 heteroatoms. The molecule has 0 unspecified atom stereocenters. The summed E-state index contributed by atoms with van der Waals surface area (Å²) in [4.78, 5) is 5.43. The number of aromatic nitrogens is 1. The first kappa shape index (κ1) is 18.2. The van der Waals surface area contributed by atoms with Crippen molar-refractivity contribution in [2.24, 2.45) is 5.41 Å². The quantitative estimate of drug-likeness (QED) is 0.664. The number of benzene rings is 1. The monoisotopic (exact) mass is 357 g/mol. The Bertz CT molecular complexity index is 667. The molecule has 0 atom stereocenters. The smallest absolute Gasteiger partial charge is 0.184 e. The third-order valence-corrected chi connectivity index (χ3v) is 4.27. The topological polar surface area (TPSA) is 31.4 Å². The fourth-order valence-corrected chi connectivity index (χ4v) is 3.62. The second-order valence-corrected chi connectivity index (χ2v) is 8.13. The molecule has 0 amide bonds. The van der Waals surface area contributed by atoms with Crippen molar-refractivity contribution >= 4 is 22.9 Å². The van der Waals surface area contributed by atoms with Crippen molar-refractivity contribution in [3.63, 3.8) is 0 Å². The van der Waals surface area contributed by atoms with Crippen LogP contribution in [0.2, 0.25) is 4.47 Å². The number of hydrogen-bond acceptors (Lipinski definition) is 4. The van der Waals surface area contributed by atoms with E-state index in [1.54, 1.807) is 13.2 Å². The third kappa shape index (κ3) is 5.16. The zero-order valence-corrected chi connectivity index (χ0v) is 15.4. The Labute approximate surface area is 145 Å². The van der Waals surface area contributed by atoms with Crippen molar-refractivity contribution in [3.05, 3.63) is 33.4 Å². The Kier molecular flexibility index (Phi) is 6.00. The van der Waals surface area contributed by atoms with Crippen LogP contribution in [0, 0.1) is 11.2 Å². The lowest BCUT2D eigenvalue weighted by molar-refractivity contribution is 0.144. The fraction of sp³-hybridized carbons (Fsp3) is 0.471. The Morgan fingerprint density at radius 3 is 2.61 bits per heavy atom. The third-order valence-electron chi connectivity index (χ3n) is 3.11. The highest BCUT2D eigenvalue weighted by molar-refractivity contribution is 7.16. The van der Waals surface area contributed by atoms with Crippen LogP contribution in [0.1, 0.15) is 25.6 Å². The average molecular weight is 358 g/mol. The van der Waals surface area contributed by atoms with Crippen LogP contribution in [0.4, 0.5) is 4.39 Å². The van der Waals surface area contributed by atoms with Gasteiger partial charge in [-0.15, -0.1) is 11.3 Å². The second kappa shape index (κ2) is 7.60. The van der Waals surface area contributed by atoms with Crippen molar-refractivity contribution in [1.29, 1.82) is 0 Å². The number of methoxy groups -OCH3 is 1. The van der Waals surface area contributed by atoms with Crippen molar-refractivity contribution in [3.8, 4) is 17.0 Å². The number of rotatable bonds is 6. The van der Waals surface area contributed by atoms with E-state index in [4.69, 9.17) is 21.1 Å². The molecule has 0 aliphatic carbocycles. The van der Waals surface area contributed by atoms with Gasteiger partial charge in [-0.05, 0) is 30.0 Å². The molecule has 0 N–H and O–H groups in total. The van der Waals surface area contributed by atoms with Gasteiger partial charge >= 0.3 is 0 Å². The molecular weight excluding hydrogens is 337 g/mol. The summed E-state index contributed by atoms with van der Waals surface area (Å²) in [5.74, 6) is -0.200. The van der Waals surface area contributed by atoms with Gasteiger partial charge in [-0.1, -0.05) is 32.4 Å². The van der Waals surface area contributed by atoms with Crippen LogP contribution in [0.25, 0.3) is 11.3 Å². The molecule has 3 nitrogen and oxygen atoms in total. The van der Waals surface area contributed by atoms with E-state index in [0.717, 1.165) is 17.0 Å². The Morgan fingerprint density at radius 1 is 1.26 bits per heavy atom. The predicted molar refractivity (Wildman–Crippen MR) is 93.0 cm³/mol. The number of ether oxygens (including phenoxy) is 2. The van der Waals surface area contributed by atoms with Gasteiger partial charge in [0.15, 0.2) is 16.0 Å². The normalized spacial score (nSPS) is 11.7. The minimum atomic E-state index is -0.413. The zero-order chi connectivity index (χ0) is 17.0. The van der Waals surface area contributed by atoms with E-state index < -0.39 is 5.82 Å². The van der Waals surface area contributed by atoms with Gasteiger partial charge in [0.2, 0.25) is 0 Å². The molecule has 0 aliphatic rings. The minimum Gasteiger partial charge on any atom is -0.488 e. The van der Waals surface area contributed by atoms with Gasteiger partial charge in [-0.25, -0.2) is 9.37 Å². The molecule has 0 aliphatic heterocycles. The first-order valence-corrected chi connectivity index (χ1v) is 8.56. The lowest BCUT2D eigenvalue weighted by Crippen LogP contribution is -2.08. The van der Waals surface area contributed by atoms with Gasteiger partial charge in [-0.2, -0.15) is 0 Å². The Balaban J connectivity index is 2.27. The van der Waals surface area contributed by atoms with Crippen molar-refractivity contribution in [2.75, 3.05) is 20.3 Å². The van der Waals surface area contributed by atoms with Crippen LogP contribution in [0.5, 0.6) is 5.75 Å². The first-order chi connectivity index (χ1) is 10.8. The van der Waals surface area contributed by atoms with Gasteiger partial charge in [0.25, 0.3) is 0 Å². The van der Waals surface area contributed by atoms with Crippen LogP contribution in [0.15, 0.2) is 18.2 Å². The van der Waals surface area contributed by atoms with Gasteiger partial charge in [0.1, 0.15) is 6.61 Å². The zero-order valence-electron chi connectivity index (χ0n) is 13.8. The molecular formula is C17H21ClFNO2S. The summed E-state index contributed by atoms with van der Waals surface area (Å²) in [6.07, 6.45) is 0.834. The summed E-state index contributed by atoms with van der Waals surface area (Å²) in [7, 11) is 1.57. The van der Waals surface area contributed by atoms with Crippen molar-refractivity contribution in [2.45, 2.75) is 27.2 Å². The van der Waals surface area contributed by atoms with Crippen LogP contribution in [-0.2, 0) is 11.2 Å². The summed E-state index contributed by atoms with van der Waals surface area (Å²) >= 11 is 7.52. The molecule has 1 heterocycles. The Hall–Kier alpha value is -1.17. The van der Waals surface area contributed by atoms with Gasteiger partial charge in [0.05, 0.1) is 12.3 Å². The largest absolute Gasteiger partial charge is 0.488 e. The highest BCUT2D eigenvalue weighted by Crippen LogP contribution is 2.36. The lowest BCUT2D eigenvalue weighted by atomic mass is 9.90. The molecule has 0 saturated carbocycles. The molecule has 23 heavy (non-hydrogen) atoms. The van der Waals surface area contributed by atoms with E-state index in [9.17, 15) is 4.39 Å². The van der Waals surface area contributed by atoms with Crippen LogP contribution < -0.4 is 4.74 Å². The molecule has 0 spiro atoms. The van der Waals surface area contributed by atoms with Crippen LogP contribution >= 0.6 is 22.9 Å². The van der Waals surface area contributed by atoms with Crippen molar-refractivity contribution in [1.82, 2.24) is 4.98 Å². The first-order valence-electron chi connectivity index (χ1n) is 7.37. The van der Waals surface area contributed by atoms with Gasteiger partial charge in [0, 0.05) is 17.6 Å². The number of thiazole rings is 1. The summed E-state index contributed by atoms with van der Waals surface area (Å²) in [5, 5.41) is 0. The van der Waals surface area contributed by atoms with Crippen molar-refractivity contribution < 1.29 is 13.9 Å². The molecule has 2 rings (SSSR count). The highest BCUT2D eigenvalue weighted by atomic mass is 35.5. The van der Waals surface area contributed by atoms with Crippen LogP contribution in [-0.4, -0.2) is 25.3 Å². The fourth-order valence-electron chi connectivity index (χ4n) is 2.15. The highest BCUT2D eigenvalue weighted by Gasteiger charge is 2.20. The van der Waals surface area contributed by atoms with Gasteiger partial charge in [-0.3, -0.25) is 0 Å². The number of hydrogen-bond donors (Lipinski definition) is 0. The van der Waals surface area contributed by atoms with E-state index in [-0.39, 0.29) is 11.2 Å². The standard InChI is InChI=1S/C17H21ClFNO2S/c1-17(2,3)10-14-15(20-16(18)23-14)11-5-6-13(12(19)9-11)22-8-7-21-4/h5-6,9H,7-8,10H2,1-4H3. The SMILES string of the molecule is COCCOc1ccc(-c2nc(Cl)sc2CC(C)(C)C)cc1F. The predicted octanol–water partition coefficient (Wildman–Crippen LogP) is 5.22. The number of halogens is 2. The molecule has 1 aromatic heterocycles. The summed E-state index contributed by atoms with van der Waals surface area (Å²) in [6.45, 7) is 7.18. The summed E-state index contributed by atoms with van der Waals surface area (Å²) in [6, 6.07) is 4.87. The molecule has 0 radical (unpaired) electrons. The molecule has 0 bridgehead atoms. The van der Waals surface area contributed by atoms with E-state index in [1.165, 1.54) is 17.4 Å². The molecule has 126 valence electrons. The van der Waals surface area contributed by atoms with E-state index in [1.807, 2.05) is 6.07 Å². The molecule has 1 aromatic carbocycles. The minimum absolute atomic E-state index is 0.104. The molecule has 2 aromatic rings. The molecule has 0 saturated heterocycles. The lowest BCUT2D eigenvalue weighted by Gasteiger charge is -2.17. The maximum Gasteiger partial charge on any atom is 0.184 e. The van der Waals surface area contributed by atoms with E-state index in [2.05, 4.69) is 25.8 Å². The summed E-state index contributed by atoms with van der Waals surface area (Å²) in [5.41, 5.74) is 1.56. The summed E-state index contributed by atoms with van der Waals surface area (Å²) < 4.78 is 24.9. The number of nitrogens with zero attached hydrogens (tertiary/aromatic N) is 1. The van der Waals surface area contributed by atoms with Gasteiger partial charge < -0.3 is 9.47 Å². The Morgan fingerprint density at radius 2 is 2.00 bits per heavy atom. The maximum atomic E-state index is 14.2. The van der Waals surface area contributed by atoms with E-state index >= 15 is 0 Å². The van der Waals surface area contributed by atoms with Crippen LogP contribution in [0.3, 0.4) is 0 Å².